The average Bonchev–Trinajstić information content (AvgIpc) is 2.52. The molecule has 0 saturated heterocycles. The standard InChI is InChI=1S/C11H12N2O3/c1-6(2)13-9-7(10(14)15)4-3-5-8(9)12-11(13)16/h3-6H,1-2H3,(H,12,16)(H,14,15). The largest absolute Gasteiger partial charge is 0.478 e. The zero-order valence-corrected chi connectivity index (χ0v) is 9.02. The summed E-state index contributed by atoms with van der Waals surface area (Å²) < 4.78 is 1.46. The summed E-state index contributed by atoms with van der Waals surface area (Å²) in [5, 5.41) is 9.07. The minimum atomic E-state index is -1.03. The first kappa shape index (κ1) is 10.5. The molecule has 0 radical (unpaired) electrons. The van der Waals surface area contributed by atoms with Crippen LogP contribution in [-0.2, 0) is 0 Å². The van der Waals surface area contributed by atoms with E-state index in [1.54, 1.807) is 12.1 Å². The number of fused-ring (bicyclic) bond motifs is 1. The lowest BCUT2D eigenvalue weighted by molar-refractivity contribution is 0.0698. The van der Waals surface area contributed by atoms with Crippen LogP contribution in [0.5, 0.6) is 0 Å². The van der Waals surface area contributed by atoms with Crippen LogP contribution < -0.4 is 5.69 Å². The van der Waals surface area contributed by atoms with Gasteiger partial charge in [0.25, 0.3) is 0 Å². The lowest BCUT2D eigenvalue weighted by atomic mass is 10.2. The molecule has 1 aromatic carbocycles. The predicted molar refractivity (Wildman–Crippen MR) is 59.9 cm³/mol. The lowest BCUT2D eigenvalue weighted by Crippen LogP contribution is -2.19. The van der Waals surface area contributed by atoms with E-state index in [1.807, 2.05) is 13.8 Å². The van der Waals surface area contributed by atoms with Gasteiger partial charge in [0.05, 0.1) is 16.6 Å². The first-order valence-electron chi connectivity index (χ1n) is 4.99. The van der Waals surface area contributed by atoms with E-state index in [-0.39, 0.29) is 17.3 Å². The van der Waals surface area contributed by atoms with E-state index in [4.69, 9.17) is 5.11 Å². The molecule has 1 aromatic heterocycles. The van der Waals surface area contributed by atoms with Crippen molar-refractivity contribution < 1.29 is 9.90 Å². The van der Waals surface area contributed by atoms with E-state index in [9.17, 15) is 9.59 Å². The van der Waals surface area contributed by atoms with Gasteiger partial charge in [-0.15, -0.1) is 0 Å². The Morgan fingerprint density at radius 3 is 2.69 bits per heavy atom. The predicted octanol–water partition coefficient (Wildman–Crippen LogP) is 1.61. The number of carbonyl (C=O) groups is 1. The maximum Gasteiger partial charge on any atom is 0.337 e. The summed E-state index contributed by atoms with van der Waals surface area (Å²) in [6, 6.07) is 4.73. The van der Waals surface area contributed by atoms with Crippen LogP contribution in [0.2, 0.25) is 0 Å². The van der Waals surface area contributed by atoms with Crippen molar-refractivity contribution in [1.29, 1.82) is 0 Å². The number of imidazole rings is 1. The lowest BCUT2D eigenvalue weighted by Gasteiger charge is -2.08. The smallest absolute Gasteiger partial charge is 0.337 e. The Kier molecular flexibility index (Phi) is 2.30. The monoisotopic (exact) mass is 220 g/mol. The molecule has 5 nitrogen and oxygen atoms in total. The fourth-order valence-electron chi connectivity index (χ4n) is 1.85. The average molecular weight is 220 g/mol. The molecular formula is C11H12N2O3. The number of hydrogen-bond donors (Lipinski definition) is 2. The molecule has 0 fully saturated rings. The number of H-pyrrole nitrogens is 1. The van der Waals surface area contributed by atoms with Gasteiger partial charge in [-0.05, 0) is 26.0 Å². The Morgan fingerprint density at radius 2 is 2.12 bits per heavy atom. The van der Waals surface area contributed by atoms with Crippen molar-refractivity contribution in [2.45, 2.75) is 19.9 Å². The van der Waals surface area contributed by atoms with Gasteiger partial charge in [0, 0.05) is 6.04 Å². The van der Waals surface area contributed by atoms with Gasteiger partial charge in [-0.2, -0.15) is 0 Å². The normalized spacial score (nSPS) is 11.2. The molecule has 0 unspecified atom stereocenters. The van der Waals surface area contributed by atoms with Crippen molar-refractivity contribution in [3.8, 4) is 0 Å². The maximum absolute atomic E-state index is 11.7. The number of hydrogen-bond acceptors (Lipinski definition) is 2. The number of aromatic carboxylic acids is 1. The van der Waals surface area contributed by atoms with Gasteiger partial charge in [0.15, 0.2) is 0 Å². The number of para-hydroxylation sites is 1. The summed E-state index contributed by atoms with van der Waals surface area (Å²) in [5.41, 5.74) is 0.872. The molecule has 2 N–H and O–H groups in total. The molecule has 0 aliphatic carbocycles. The molecule has 0 spiro atoms. The Morgan fingerprint density at radius 1 is 1.44 bits per heavy atom. The highest BCUT2D eigenvalue weighted by Gasteiger charge is 2.16. The highest BCUT2D eigenvalue weighted by atomic mass is 16.4. The van der Waals surface area contributed by atoms with Crippen molar-refractivity contribution >= 4 is 17.0 Å². The fraction of sp³-hybridized carbons (Fsp3) is 0.273. The number of rotatable bonds is 2. The third-order valence-corrected chi connectivity index (χ3v) is 2.48. The molecule has 2 rings (SSSR count). The second-order valence-corrected chi connectivity index (χ2v) is 3.90. The van der Waals surface area contributed by atoms with Crippen LogP contribution in [0.1, 0.15) is 30.2 Å². The summed E-state index contributed by atoms with van der Waals surface area (Å²) in [6.07, 6.45) is 0. The van der Waals surface area contributed by atoms with Gasteiger partial charge in [0.1, 0.15) is 0 Å². The van der Waals surface area contributed by atoms with Crippen molar-refractivity contribution in [2.24, 2.45) is 0 Å². The Bertz CT molecular complexity index is 607. The molecule has 1 heterocycles. The van der Waals surface area contributed by atoms with E-state index in [0.717, 1.165) is 0 Å². The molecule has 0 aliphatic heterocycles. The second-order valence-electron chi connectivity index (χ2n) is 3.90. The molecule has 5 heteroatoms. The third kappa shape index (κ3) is 1.41. The molecule has 0 aliphatic rings. The van der Waals surface area contributed by atoms with Crippen molar-refractivity contribution in [3.05, 3.63) is 34.2 Å². The number of aromatic nitrogens is 2. The van der Waals surface area contributed by atoms with Crippen LogP contribution in [0.15, 0.2) is 23.0 Å². The van der Waals surface area contributed by atoms with E-state index < -0.39 is 5.97 Å². The van der Waals surface area contributed by atoms with Crippen LogP contribution in [0.4, 0.5) is 0 Å². The van der Waals surface area contributed by atoms with Gasteiger partial charge < -0.3 is 10.1 Å². The van der Waals surface area contributed by atoms with Gasteiger partial charge in [-0.25, -0.2) is 9.59 Å². The topological polar surface area (TPSA) is 75.1 Å². The van der Waals surface area contributed by atoms with Crippen molar-refractivity contribution in [1.82, 2.24) is 9.55 Å². The minimum absolute atomic E-state index is 0.0817. The first-order chi connectivity index (χ1) is 7.52. The Labute approximate surface area is 91.3 Å². The summed E-state index contributed by atoms with van der Waals surface area (Å²) in [4.78, 5) is 25.4. The molecule has 0 saturated carbocycles. The SMILES string of the molecule is CC(C)n1c(=O)[nH]c2cccc(C(=O)O)c21. The number of aromatic amines is 1. The molecule has 84 valence electrons. The van der Waals surface area contributed by atoms with Crippen LogP contribution >= 0.6 is 0 Å². The molecular weight excluding hydrogens is 208 g/mol. The number of carboxylic acids is 1. The van der Waals surface area contributed by atoms with Crippen molar-refractivity contribution in [3.63, 3.8) is 0 Å². The van der Waals surface area contributed by atoms with Crippen molar-refractivity contribution in [2.75, 3.05) is 0 Å². The minimum Gasteiger partial charge on any atom is -0.478 e. The third-order valence-electron chi connectivity index (χ3n) is 2.48. The number of benzene rings is 1. The van der Waals surface area contributed by atoms with Crippen LogP contribution in [-0.4, -0.2) is 20.6 Å². The molecule has 0 atom stereocenters. The number of carboxylic acid groups (broad SMARTS) is 1. The van der Waals surface area contributed by atoms with E-state index >= 15 is 0 Å². The summed E-state index contributed by atoms with van der Waals surface area (Å²) in [5.74, 6) is -1.03. The van der Waals surface area contributed by atoms with E-state index in [1.165, 1.54) is 10.6 Å². The van der Waals surface area contributed by atoms with Gasteiger partial charge in [0.2, 0.25) is 0 Å². The van der Waals surface area contributed by atoms with Gasteiger partial charge in [-0.3, -0.25) is 4.57 Å². The summed E-state index contributed by atoms with van der Waals surface area (Å²) in [7, 11) is 0. The quantitative estimate of drug-likeness (QED) is 0.807. The van der Waals surface area contributed by atoms with E-state index in [2.05, 4.69) is 4.98 Å². The van der Waals surface area contributed by atoms with Gasteiger partial charge >= 0.3 is 11.7 Å². The molecule has 16 heavy (non-hydrogen) atoms. The Hall–Kier alpha value is -2.04. The Balaban J connectivity index is 2.94. The molecule has 0 amide bonds. The zero-order valence-electron chi connectivity index (χ0n) is 9.02. The molecule has 0 bridgehead atoms. The van der Waals surface area contributed by atoms with Crippen LogP contribution in [0.25, 0.3) is 11.0 Å². The number of nitrogens with zero attached hydrogens (tertiary/aromatic N) is 1. The first-order valence-corrected chi connectivity index (χ1v) is 4.99. The second kappa shape index (κ2) is 3.52. The zero-order chi connectivity index (χ0) is 11.9. The van der Waals surface area contributed by atoms with Crippen LogP contribution in [0, 0.1) is 0 Å². The summed E-state index contributed by atoms with van der Waals surface area (Å²) >= 11 is 0. The maximum atomic E-state index is 11.7. The van der Waals surface area contributed by atoms with E-state index in [0.29, 0.717) is 11.0 Å². The highest BCUT2D eigenvalue weighted by Crippen LogP contribution is 2.19. The van der Waals surface area contributed by atoms with Crippen LogP contribution in [0.3, 0.4) is 0 Å². The fourth-order valence-corrected chi connectivity index (χ4v) is 1.85. The van der Waals surface area contributed by atoms with Gasteiger partial charge in [-0.1, -0.05) is 6.07 Å². The molecule has 2 aromatic rings. The highest BCUT2D eigenvalue weighted by molar-refractivity contribution is 6.01. The summed E-state index contributed by atoms with van der Waals surface area (Å²) in [6.45, 7) is 3.68. The number of nitrogens with one attached hydrogen (secondary N) is 1.